The minimum Gasteiger partial charge on any atom is -0.507 e. The number of benzene rings is 2. The van der Waals surface area contributed by atoms with E-state index in [2.05, 4.69) is 0 Å². The number of aliphatic hydroxyl groups is 1. The second-order valence-electron chi connectivity index (χ2n) is 8.79. The highest BCUT2D eigenvalue weighted by Gasteiger charge is 2.48. The van der Waals surface area contributed by atoms with Gasteiger partial charge in [-0.2, -0.15) is 13.2 Å². The molecule has 9 heteroatoms. The molecule has 1 saturated heterocycles. The molecule has 3 aromatic rings. The zero-order valence-corrected chi connectivity index (χ0v) is 20.0. The van der Waals surface area contributed by atoms with Gasteiger partial charge in [-0.25, -0.2) is 0 Å². The smallest absolute Gasteiger partial charge is 0.416 e. The molecule has 1 N–H and O–H groups in total. The van der Waals surface area contributed by atoms with E-state index < -0.39 is 35.2 Å². The van der Waals surface area contributed by atoms with Gasteiger partial charge in [-0.1, -0.05) is 13.8 Å². The van der Waals surface area contributed by atoms with Crippen LogP contribution in [0.3, 0.4) is 0 Å². The van der Waals surface area contributed by atoms with Crippen molar-refractivity contribution < 1.29 is 37.0 Å². The third-order valence-corrected chi connectivity index (χ3v) is 6.18. The molecule has 188 valence electrons. The molecule has 0 bridgehead atoms. The maximum atomic E-state index is 13.2. The third-order valence-electron chi connectivity index (χ3n) is 6.18. The Balaban J connectivity index is 1.91. The van der Waals surface area contributed by atoms with E-state index >= 15 is 0 Å². The van der Waals surface area contributed by atoms with Crippen LogP contribution in [-0.4, -0.2) is 23.9 Å². The van der Waals surface area contributed by atoms with Crippen molar-refractivity contribution in [1.82, 2.24) is 0 Å². The molecule has 1 aliphatic heterocycles. The third kappa shape index (κ3) is 4.25. The molecule has 1 aliphatic rings. The molecule has 1 atom stereocenters. The number of alkyl halides is 3. The predicted octanol–water partition coefficient (Wildman–Crippen LogP) is 6.37. The summed E-state index contributed by atoms with van der Waals surface area (Å²) in [5.41, 5.74) is 0.662. The van der Waals surface area contributed by atoms with Crippen LogP contribution in [-0.2, 0) is 15.8 Å². The highest BCUT2D eigenvalue weighted by atomic mass is 19.4. The van der Waals surface area contributed by atoms with Gasteiger partial charge in [0, 0.05) is 11.3 Å². The zero-order valence-electron chi connectivity index (χ0n) is 20.0. The van der Waals surface area contributed by atoms with E-state index in [0.29, 0.717) is 16.9 Å². The molecule has 0 aliphatic carbocycles. The van der Waals surface area contributed by atoms with Crippen LogP contribution in [0.1, 0.15) is 53.8 Å². The molecule has 0 radical (unpaired) electrons. The van der Waals surface area contributed by atoms with Gasteiger partial charge in [0.2, 0.25) is 0 Å². The lowest BCUT2D eigenvalue weighted by molar-refractivity contribution is -0.137. The van der Waals surface area contributed by atoms with E-state index in [-0.39, 0.29) is 22.9 Å². The van der Waals surface area contributed by atoms with Gasteiger partial charge < -0.3 is 14.3 Å². The molecule has 36 heavy (non-hydrogen) atoms. The highest BCUT2D eigenvalue weighted by molar-refractivity contribution is 6.51. The fraction of sp³-hybridized carbons (Fsp3) is 0.259. The number of carbonyl (C=O) groups excluding carboxylic acids is 2. The van der Waals surface area contributed by atoms with E-state index in [9.17, 15) is 27.9 Å². The Hall–Kier alpha value is -4.01. The number of carbonyl (C=O) groups is 2. The lowest BCUT2D eigenvalue weighted by Crippen LogP contribution is -2.29. The summed E-state index contributed by atoms with van der Waals surface area (Å²) in [6, 6.07) is 9.22. The summed E-state index contributed by atoms with van der Waals surface area (Å²) in [7, 11) is 1.53. The minimum absolute atomic E-state index is 0.0301. The number of hydrogen-bond donors (Lipinski definition) is 1. The van der Waals surface area contributed by atoms with E-state index in [0.717, 1.165) is 34.7 Å². The molecular formula is C27H24F3NO5. The first-order valence-electron chi connectivity index (χ1n) is 11.2. The van der Waals surface area contributed by atoms with Gasteiger partial charge in [0.05, 0.1) is 24.5 Å². The molecular weight excluding hydrogens is 475 g/mol. The summed E-state index contributed by atoms with van der Waals surface area (Å²) in [5.74, 6) is -1.56. The summed E-state index contributed by atoms with van der Waals surface area (Å²) in [4.78, 5) is 27.4. The highest BCUT2D eigenvalue weighted by Crippen LogP contribution is 2.44. The number of ether oxygens (including phenoxy) is 1. The Morgan fingerprint density at radius 2 is 1.78 bits per heavy atom. The zero-order chi connectivity index (χ0) is 26.4. The number of amides is 1. The number of nitrogens with zero attached hydrogens (tertiary/aromatic N) is 1. The average Bonchev–Trinajstić information content (AvgIpc) is 3.44. The Bertz CT molecular complexity index is 1340. The quantitative estimate of drug-likeness (QED) is 0.251. The molecule has 1 fully saturated rings. The van der Waals surface area contributed by atoms with Crippen molar-refractivity contribution in [3.05, 3.63) is 88.4 Å². The molecule has 2 aromatic carbocycles. The van der Waals surface area contributed by atoms with Crippen molar-refractivity contribution in [2.75, 3.05) is 12.0 Å². The summed E-state index contributed by atoms with van der Waals surface area (Å²) < 4.78 is 50.2. The predicted molar refractivity (Wildman–Crippen MR) is 127 cm³/mol. The number of ketones is 1. The Labute approximate surface area is 205 Å². The monoisotopic (exact) mass is 499 g/mol. The average molecular weight is 499 g/mol. The van der Waals surface area contributed by atoms with Gasteiger partial charge in [0.25, 0.3) is 11.7 Å². The van der Waals surface area contributed by atoms with Crippen LogP contribution < -0.4 is 9.64 Å². The van der Waals surface area contributed by atoms with Crippen molar-refractivity contribution in [1.29, 1.82) is 0 Å². The lowest BCUT2D eigenvalue weighted by atomic mass is 9.92. The van der Waals surface area contributed by atoms with Crippen LogP contribution in [0.25, 0.3) is 5.76 Å². The number of methoxy groups -OCH3 is 1. The fourth-order valence-electron chi connectivity index (χ4n) is 4.35. The summed E-state index contributed by atoms with van der Waals surface area (Å²) in [6.45, 7) is 5.63. The van der Waals surface area contributed by atoms with E-state index in [1.54, 1.807) is 25.1 Å². The Kier molecular flexibility index (Phi) is 6.43. The van der Waals surface area contributed by atoms with Crippen molar-refractivity contribution in [3.8, 4) is 5.75 Å². The van der Waals surface area contributed by atoms with Crippen molar-refractivity contribution in [3.63, 3.8) is 0 Å². The maximum Gasteiger partial charge on any atom is 0.416 e. The Morgan fingerprint density at radius 3 is 2.31 bits per heavy atom. The largest absolute Gasteiger partial charge is 0.507 e. The number of anilines is 1. The van der Waals surface area contributed by atoms with Gasteiger partial charge in [0.1, 0.15) is 23.3 Å². The molecule has 1 aromatic heterocycles. The van der Waals surface area contributed by atoms with Crippen molar-refractivity contribution in [2.45, 2.75) is 38.9 Å². The van der Waals surface area contributed by atoms with Crippen LogP contribution in [0, 0.1) is 6.92 Å². The lowest BCUT2D eigenvalue weighted by Gasteiger charge is -2.24. The molecule has 1 unspecified atom stereocenters. The number of aryl methyl sites for hydroxylation is 1. The normalized spacial score (nSPS) is 17.8. The van der Waals surface area contributed by atoms with Crippen LogP contribution in [0.4, 0.5) is 18.9 Å². The molecule has 6 nitrogen and oxygen atoms in total. The summed E-state index contributed by atoms with van der Waals surface area (Å²) in [5, 5.41) is 11.4. The van der Waals surface area contributed by atoms with E-state index in [1.807, 2.05) is 13.8 Å². The van der Waals surface area contributed by atoms with Crippen LogP contribution in [0.5, 0.6) is 5.75 Å². The first-order valence-corrected chi connectivity index (χ1v) is 11.2. The number of halogens is 3. The van der Waals surface area contributed by atoms with Crippen molar-refractivity contribution >= 4 is 23.1 Å². The van der Waals surface area contributed by atoms with Gasteiger partial charge in [0.15, 0.2) is 0 Å². The van der Waals surface area contributed by atoms with Crippen LogP contribution in [0.2, 0.25) is 0 Å². The number of rotatable bonds is 5. The number of aliphatic hydroxyl groups excluding tert-OH is 1. The second-order valence-corrected chi connectivity index (χ2v) is 8.79. The summed E-state index contributed by atoms with van der Waals surface area (Å²) in [6.07, 6.45) is -3.22. The van der Waals surface area contributed by atoms with Gasteiger partial charge in [-0.3, -0.25) is 14.5 Å². The topological polar surface area (TPSA) is 80.0 Å². The van der Waals surface area contributed by atoms with E-state index in [4.69, 9.17) is 9.15 Å². The molecule has 0 saturated carbocycles. The second kappa shape index (κ2) is 9.22. The number of Topliss-reactive ketones (excluding diaryl/α,β-unsaturated/α-hetero) is 1. The molecule has 2 heterocycles. The summed E-state index contributed by atoms with van der Waals surface area (Å²) >= 11 is 0. The van der Waals surface area contributed by atoms with Gasteiger partial charge in [-0.15, -0.1) is 0 Å². The van der Waals surface area contributed by atoms with Gasteiger partial charge >= 0.3 is 6.18 Å². The van der Waals surface area contributed by atoms with Crippen LogP contribution in [0.15, 0.2) is 64.8 Å². The number of furan rings is 1. The first kappa shape index (κ1) is 25.1. The van der Waals surface area contributed by atoms with Crippen LogP contribution >= 0.6 is 0 Å². The first-order chi connectivity index (χ1) is 17.0. The molecule has 0 spiro atoms. The number of hydrogen-bond acceptors (Lipinski definition) is 5. The minimum atomic E-state index is -4.56. The fourth-order valence-corrected chi connectivity index (χ4v) is 4.35. The maximum absolute atomic E-state index is 13.2. The molecule has 1 amide bonds. The van der Waals surface area contributed by atoms with Crippen molar-refractivity contribution in [2.24, 2.45) is 0 Å². The SMILES string of the molecule is COc1cc(C)c(/C(O)=C2\C(=O)C(=O)N(c3ccc(C(F)(F)F)cc3)C2c2ccco2)cc1C(C)C. The van der Waals surface area contributed by atoms with Gasteiger partial charge in [-0.05, 0) is 72.5 Å². The molecule has 4 rings (SSSR count). The van der Waals surface area contributed by atoms with E-state index in [1.165, 1.54) is 19.4 Å². The Morgan fingerprint density at radius 1 is 1.11 bits per heavy atom. The standard InChI is InChI=1S/C27H24F3NO5/c1-14(2)18-13-19(15(3)12-21(18)35-4)24(32)22-23(20-6-5-11-36-20)31(26(34)25(22)33)17-9-7-16(8-10-17)27(28,29)30/h5-14,23,32H,1-4H3/b24-22+.